The summed E-state index contributed by atoms with van der Waals surface area (Å²) in [7, 11) is 1.64. The van der Waals surface area contributed by atoms with Crippen molar-refractivity contribution < 1.29 is 17.9 Å². The molecule has 0 saturated heterocycles. The summed E-state index contributed by atoms with van der Waals surface area (Å²) < 4.78 is 40.3. The summed E-state index contributed by atoms with van der Waals surface area (Å²) in [4.78, 5) is 0. The van der Waals surface area contributed by atoms with Crippen LogP contribution in [0.1, 0.15) is 19.8 Å². The lowest BCUT2D eigenvalue weighted by Crippen LogP contribution is -2.24. The van der Waals surface area contributed by atoms with Crippen LogP contribution in [-0.2, 0) is 4.74 Å². The van der Waals surface area contributed by atoms with Gasteiger partial charge < -0.3 is 10.1 Å². The topological polar surface area (TPSA) is 21.3 Å². The second-order valence-electron chi connectivity index (χ2n) is 3.74. The number of halogens is 3. The van der Waals surface area contributed by atoms with Gasteiger partial charge in [0.1, 0.15) is 0 Å². The van der Waals surface area contributed by atoms with Crippen LogP contribution in [-0.4, -0.2) is 38.1 Å². The maximum Gasteiger partial charge on any atom is 0.441 e. The SMILES string of the molecule is COCCNCC(C)CCCSC(F)(F)F. The van der Waals surface area contributed by atoms with E-state index >= 15 is 0 Å². The van der Waals surface area contributed by atoms with Gasteiger partial charge in [0.05, 0.1) is 6.61 Å². The van der Waals surface area contributed by atoms with E-state index < -0.39 is 5.51 Å². The number of hydrogen-bond acceptors (Lipinski definition) is 3. The zero-order chi connectivity index (χ0) is 12.4. The predicted octanol–water partition coefficient (Wildman–Crippen LogP) is 2.89. The van der Waals surface area contributed by atoms with Gasteiger partial charge in [0.25, 0.3) is 0 Å². The fraction of sp³-hybridized carbons (Fsp3) is 1.00. The first kappa shape index (κ1) is 16.1. The zero-order valence-electron chi connectivity index (χ0n) is 9.77. The van der Waals surface area contributed by atoms with Gasteiger partial charge in [0.2, 0.25) is 0 Å². The predicted molar refractivity (Wildman–Crippen MR) is 61.7 cm³/mol. The fourth-order valence-corrected chi connectivity index (χ4v) is 1.79. The van der Waals surface area contributed by atoms with Crippen molar-refractivity contribution in [2.45, 2.75) is 25.3 Å². The molecule has 0 aromatic carbocycles. The van der Waals surface area contributed by atoms with Gasteiger partial charge in [-0.1, -0.05) is 18.7 Å². The third-order valence-corrected chi connectivity index (χ3v) is 2.90. The number of methoxy groups -OCH3 is 1. The molecule has 6 heteroatoms. The quantitative estimate of drug-likeness (QED) is 0.643. The summed E-state index contributed by atoms with van der Waals surface area (Å²) in [6, 6.07) is 0. The molecule has 0 amide bonds. The molecule has 1 atom stereocenters. The van der Waals surface area contributed by atoms with Crippen molar-refractivity contribution in [2.24, 2.45) is 5.92 Å². The molecule has 0 aromatic rings. The highest BCUT2D eigenvalue weighted by Crippen LogP contribution is 2.30. The van der Waals surface area contributed by atoms with E-state index in [9.17, 15) is 13.2 Å². The van der Waals surface area contributed by atoms with E-state index in [1.165, 1.54) is 0 Å². The summed E-state index contributed by atoms with van der Waals surface area (Å²) >= 11 is 0.0671. The van der Waals surface area contributed by atoms with E-state index in [0.29, 0.717) is 18.9 Å². The Morgan fingerprint density at radius 3 is 2.62 bits per heavy atom. The van der Waals surface area contributed by atoms with E-state index in [-0.39, 0.29) is 17.5 Å². The maximum absolute atomic E-state index is 11.8. The molecule has 0 saturated carbocycles. The molecule has 0 aliphatic heterocycles. The van der Waals surface area contributed by atoms with Gasteiger partial charge in [-0.25, -0.2) is 0 Å². The van der Waals surface area contributed by atoms with E-state index in [2.05, 4.69) is 5.32 Å². The Kier molecular flexibility index (Phi) is 9.16. The normalized spacial score (nSPS) is 14.1. The Balaban J connectivity index is 3.27. The summed E-state index contributed by atoms with van der Waals surface area (Å²) in [5, 5.41) is 3.19. The van der Waals surface area contributed by atoms with E-state index in [0.717, 1.165) is 19.5 Å². The van der Waals surface area contributed by atoms with Crippen molar-refractivity contribution in [3.05, 3.63) is 0 Å². The van der Waals surface area contributed by atoms with Crippen molar-refractivity contribution in [1.29, 1.82) is 0 Å². The number of rotatable bonds is 9. The first-order valence-electron chi connectivity index (χ1n) is 5.36. The molecule has 98 valence electrons. The Hall–Kier alpha value is 0.0600. The van der Waals surface area contributed by atoms with Crippen LogP contribution in [0.3, 0.4) is 0 Å². The standard InChI is InChI=1S/C10H20F3NOS/c1-9(8-14-5-6-15-2)4-3-7-16-10(11,12)13/h9,14H,3-8H2,1-2H3. The number of nitrogens with one attached hydrogen (secondary N) is 1. The number of ether oxygens (including phenoxy) is 1. The van der Waals surface area contributed by atoms with Crippen molar-refractivity contribution in [2.75, 3.05) is 32.6 Å². The highest BCUT2D eigenvalue weighted by molar-refractivity contribution is 8.00. The van der Waals surface area contributed by atoms with Gasteiger partial charge in [-0.15, -0.1) is 0 Å². The molecule has 0 heterocycles. The average Bonchev–Trinajstić information content (AvgIpc) is 2.18. The fourth-order valence-electron chi connectivity index (χ4n) is 1.24. The van der Waals surface area contributed by atoms with Gasteiger partial charge in [-0.3, -0.25) is 0 Å². The first-order chi connectivity index (χ1) is 7.45. The maximum atomic E-state index is 11.8. The molecular weight excluding hydrogens is 239 g/mol. The number of alkyl halides is 3. The highest BCUT2D eigenvalue weighted by atomic mass is 32.2. The molecule has 0 fully saturated rings. The third kappa shape index (κ3) is 12.1. The lowest BCUT2D eigenvalue weighted by Gasteiger charge is -2.12. The largest absolute Gasteiger partial charge is 0.441 e. The van der Waals surface area contributed by atoms with Crippen LogP contribution in [0.25, 0.3) is 0 Å². The molecule has 1 unspecified atom stereocenters. The second kappa shape index (κ2) is 9.13. The van der Waals surface area contributed by atoms with E-state index in [1.54, 1.807) is 7.11 Å². The summed E-state index contributed by atoms with van der Waals surface area (Å²) in [5.74, 6) is 0.567. The van der Waals surface area contributed by atoms with E-state index in [4.69, 9.17) is 4.74 Å². The van der Waals surface area contributed by atoms with Crippen LogP contribution in [0, 0.1) is 5.92 Å². The van der Waals surface area contributed by atoms with E-state index in [1.807, 2.05) is 6.92 Å². The van der Waals surface area contributed by atoms with Gasteiger partial charge in [0, 0.05) is 19.4 Å². The summed E-state index contributed by atoms with van der Waals surface area (Å²) in [6.07, 6.45) is 1.43. The molecular formula is C10H20F3NOS. The monoisotopic (exact) mass is 259 g/mol. The Morgan fingerprint density at radius 2 is 2.06 bits per heavy atom. The summed E-state index contributed by atoms with van der Waals surface area (Å²) in [5.41, 5.74) is -4.08. The smallest absolute Gasteiger partial charge is 0.383 e. The molecule has 0 bridgehead atoms. The van der Waals surface area contributed by atoms with Crippen molar-refractivity contribution in [3.63, 3.8) is 0 Å². The molecule has 0 spiro atoms. The minimum atomic E-state index is -4.08. The Labute approximate surface area is 99.3 Å². The zero-order valence-corrected chi connectivity index (χ0v) is 10.6. The molecule has 0 aromatic heterocycles. The Bertz CT molecular complexity index is 167. The molecule has 0 rings (SSSR count). The molecule has 0 aliphatic rings. The third-order valence-electron chi connectivity index (χ3n) is 2.08. The van der Waals surface area contributed by atoms with Crippen LogP contribution in [0.4, 0.5) is 13.2 Å². The van der Waals surface area contributed by atoms with Crippen LogP contribution in [0.2, 0.25) is 0 Å². The minimum absolute atomic E-state index is 0.0671. The van der Waals surface area contributed by atoms with Crippen molar-refractivity contribution in [1.82, 2.24) is 5.32 Å². The summed E-state index contributed by atoms with van der Waals surface area (Å²) in [6.45, 7) is 4.33. The van der Waals surface area contributed by atoms with Crippen molar-refractivity contribution in [3.8, 4) is 0 Å². The highest BCUT2D eigenvalue weighted by Gasteiger charge is 2.27. The van der Waals surface area contributed by atoms with Gasteiger partial charge in [-0.05, 0) is 25.3 Å². The molecule has 0 aliphatic carbocycles. The average molecular weight is 259 g/mol. The minimum Gasteiger partial charge on any atom is -0.383 e. The molecule has 0 radical (unpaired) electrons. The van der Waals surface area contributed by atoms with Gasteiger partial charge in [0.15, 0.2) is 0 Å². The van der Waals surface area contributed by atoms with Crippen LogP contribution < -0.4 is 5.32 Å². The first-order valence-corrected chi connectivity index (χ1v) is 6.34. The lowest BCUT2D eigenvalue weighted by atomic mass is 10.1. The molecule has 16 heavy (non-hydrogen) atoms. The van der Waals surface area contributed by atoms with Crippen LogP contribution in [0.5, 0.6) is 0 Å². The van der Waals surface area contributed by atoms with Crippen molar-refractivity contribution >= 4 is 11.8 Å². The van der Waals surface area contributed by atoms with Gasteiger partial charge in [-0.2, -0.15) is 13.2 Å². The lowest BCUT2D eigenvalue weighted by molar-refractivity contribution is -0.0328. The van der Waals surface area contributed by atoms with Gasteiger partial charge >= 0.3 is 5.51 Å². The molecule has 1 N–H and O–H groups in total. The van der Waals surface area contributed by atoms with Crippen LogP contribution >= 0.6 is 11.8 Å². The molecule has 2 nitrogen and oxygen atoms in total. The number of thioether (sulfide) groups is 1. The Morgan fingerprint density at radius 1 is 1.38 bits per heavy atom. The van der Waals surface area contributed by atoms with Crippen LogP contribution in [0.15, 0.2) is 0 Å². The second-order valence-corrected chi connectivity index (χ2v) is 4.90. The number of hydrogen-bond donors (Lipinski definition) is 1.